The molecule has 0 radical (unpaired) electrons. The summed E-state index contributed by atoms with van der Waals surface area (Å²) in [5.74, 6) is -0.470. The molecule has 1 atom stereocenters. The zero-order valence-electron chi connectivity index (χ0n) is 15.5. The average Bonchev–Trinajstić information content (AvgIpc) is 3.28. The third-order valence-corrected chi connectivity index (χ3v) is 7.39. The van der Waals surface area contributed by atoms with Crippen molar-refractivity contribution in [3.05, 3.63) is 82.8 Å². The Hall–Kier alpha value is -2.84. The van der Waals surface area contributed by atoms with Crippen molar-refractivity contribution in [2.75, 3.05) is 6.54 Å². The highest BCUT2D eigenvalue weighted by Gasteiger charge is 2.29. The highest BCUT2D eigenvalue weighted by molar-refractivity contribution is 7.91. The van der Waals surface area contributed by atoms with Crippen LogP contribution < -0.4 is 5.32 Å². The summed E-state index contributed by atoms with van der Waals surface area (Å²) in [6, 6.07) is 14.9. The zero-order chi connectivity index (χ0) is 20.7. The Morgan fingerprint density at radius 1 is 1.00 bits per heavy atom. The first kappa shape index (κ1) is 20.9. The lowest BCUT2D eigenvalue weighted by molar-refractivity contribution is -0.121. The van der Waals surface area contributed by atoms with Crippen LogP contribution >= 0.6 is 11.3 Å². The summed E-state index contributed by atoms with van der Waals surface area (Å²) in [6.07, 6.45) is 3.12. The summed E-state index contributed by atoms with van der Waals surface area (Å²) in [6.45, 7) is -0.102. The molecule has 0 spiro atoms. The highest BCUT2D eigenvalue weighted by Crippen LogP contribution is 2.28. The van der Waals surface area contributed by atoms with Crippen molar-refractivity contribution < 1.29 is 18.0 Å². The first-order valence-electron chi connectivity index (χ1n) is 9.01. The van der Waals surface area contributed by atoms with E-state index in [4.69, 9.17) is 0 Å². The third-order valence-electron chi connectivity index (χ3n) is 4.36. The minimum atomic E-state index is -3.74. The zero-order valence-corrected chi connectivity index (χ0v) is 17.2. The SMILES string of the molecule is O=C(CCC(=O)c1cccs1)NCC(c1cccnc1)S(=O)(=O)c1ccccc1. The Balaban J connectivity index is 1.69. The van der Waals surface area contributed by atoms with Gasteiger partial charge in [-0.25, -0.2) is 8.42 Å². The van der Waals surface area contributed by atoms with Crippen LogP contribution in [0.15, 0.2) is 77.3 Å². The summed E-state index contributed by atoms with van der Waals surface area (Å²) in [5.41, 5.74) is 0.492. The van der Waals surface area contributed by atoms with E-state index in [1.54, 1.807) is 54.0 Å². The number of benzene rings is 1. The molecule has 0 bridgehead atoms. The average molecular weight is 429 g/mol. The van der Waals surface area contributed by atoms with Crippen molar-refractivity contribution in [2.24, 2.45) is 0 Å². The predicted octanol–water partition coefficient (Wildman–Crippen LogP) is 3.44. The first-order valence-corrected chi connectivity index (χ1v) is 11.4. The van der Waals surface area contributed by atoms with Crippen molar-refractivity contribution in [3.8, 4) is 0 Å². The number of thiophene rings is 1. The lowest BCUT2D eigenvalue weighted by atomic mass is 10.1. The number of ketones is 1. The van der Waals surface area contributed by atoms with Crippen molar-refractivity contribution in [2.45, 2.75) is 23.0 Å². The van der Waals surface area contributed by atoms with Gasteiger partial charge in [0, 0.05) is 31.8 Å². The molecule has 1 aromatic carbocycles. The number of hydrogen-bond acceptors (Lipinski definition) is 6. The molecule has 1 amide bonds. The Morgan fingerprint density at radius 3 is 2.45 bits per heavy atom. The van der Waals surface area contributed by atoms with Gasteiger partial charge in [0.05, 0.1) is 9.77 Å². The summed E-state index contributed by atoms with van der Waals surface area (Å²) < 4.78 is 26.3. The monoisotopic (exact) mass is 428 g/mol. The van der Waals surface area contributed by atoms with Crippen molar-refractivity contribution in [1.82, 2.24) is 10.3 Å². The Labute approximate surface area is 173 Å². The van der Waals surface area contributed by atoms with Gasteiger partial charge in [0.2, 0.25) is 5.91 Å². The molecule has 3 rings (SSSR count). The van der Waals surface area contributed by atoms with Crippen LogP contribution in [0.4, 0.5) is 0 Å². The van der Waals surface area contributed by atoms with Gasteiger partial charge in [0.15, 0.2) is 15.6 Å². The molecule has 2 aromatic heterocycles. The lowest BCUT2D eigenvalue weighted by Crippen LogP contribution is -2.32. The van der Waals surface area contributed by atoms with E-state index >= 15 is 0 Å². The summed E-state index contributed by atoms with van der Waals surface area (Å²) in [4.78, 5) is 29.1. The minimum Gasteiger partial charge on any atom is -0.354 e. The maximum absolute atomic E-state index is 13.1. The van der Waals surface area contributed by atoms with Gasteiger partial charge in [-0.05, 0) is 35.2 Å². The molecule has 6 nitrogen and oxygen atoms in total. The number of sulfone groups is 1. The summed E-state index contributed by atoms with van der Waals surface area (Å²) >= 11 is 1.33. The van der Waals surface area contributed by atoms with Gasteiger partial charge in [-0.15, -0.1) is 11.3 Å². The van der Waals surface area contributed by atoms with Crippen LogP contribution in [0.5, 0.6) is 0 Å². The number of pyridine rings is 1. The maximum atomic E-state index is 13.1. The van der Waals surface area contributed by atoms with Crippen molar-refractivity contribution in [3.63, 3.8) is 0 Å². The molecule has 8 heteroatoms. The molecular formula is C21H20N2O4S2. The molecule has 150 valence electrons. The Morgan fingerprint density at radius 2 is 1.79 bits per heavy atom. The normalized spacial score (nSPS) is 12.3. The van der Waals surface area contributed by atoms with E-state index in [0.29, 0.717) is 10.4 Å². The third kappa shape index (κ3) is 5.36. The topological polar surface area (TPSA) is 93.2 Å². The smallest absolute Gasteiger partial charge is 0.220 e. The lowest BCUT2D eigenvalue weighted by Gasteiger charge is -2.18. The van der Waals surface area contributed by atoms with Crippen LogP contribution in [-0.4, -0.2) is 31.6 Å². The number of Topliss-reactive ketones (excluding diaryl/α,β-unsaturated/α-hetero) is 1. The van der Waals surface area contributed by atoms with Gasteiger partial charge in [-0.3, -0.25) is 14.6 Å². The number of nitrogens with zero attached hydrogens (tertiary/aromatic N) is 1. The molecule has 0 saturated heterocycles. The number of hydrogen-bond donors (Lipinski definition) is 1. The van der Waals surface area contributed by atoms with Gasteiger partial charge in [-0.2, -0.15) is 0 Å². The van der Waals surface area contributed by atoms with E-state index in [1.807, 2.05) is 0 Å². The largest absolute Gasteiger partial charge is 0.354 e. The molecule has 0 aliphatic carbocycles. The van der Waals surface area contributed by atoms with Gasteiger partial charge in [0.1, 0.15) is 5.25 Å². The van der Waals surface area contributed by atoms with Gasteiger partial charge in [-0.1, -0.05) is 30.3 Å². The van der Waals surface area contributed by atoms with Crippen LogP contribution in [0, 0.1) is 0 Å². The van der Waals surface area contributed by atoms with Crippen LogP contribution in [0.3, 0.4) is 0 Å². The number of carbonyl (C=O) groups excluding carboxylic acids is 2. The van der Waals surface area contributed by atoms with Crippen LogP contribution in [0.1, 0.15) is 33.3 Å². The molecule has 0 aliphatic rings. The van der Waals surface area contributed by atoms with E-state index in [9.17, 15) is 18.0 Å². The first-order chi connectivity index (χ1) is 14.0. The number of nitrogens with one attached hydrogen (secondary N) is 1. The van der Waals surface area contributed by atoms with E-state index in [1.165, 1.54) is 29.7 Å². The van der Waals surface area contributed by atoms with Crippen LogP contribution in [0.25, 0.3) is 0 Å². The molecule has 3 aromatic rings. The van der Waals surface area contributed by atoms with Crippen molar-refractivity contribution >= 4 is 32.9 Å². The second-order valence-electron chi connectivity index (χ2n) is 6.34. The minimum absolute atomic E-state index is 0.00186. The fourth-order valence-electron chi connectivity index (χ4n) is 2.83. The van der Waals surface area contributed by atoms with Crippen LogP contribution in [-0.2, 0) is 14.6 Å². The molecule has 29 heavy (non-hydrogen) atoms. The van der Waals surface area contributed by atoms with Crippen LogP contribution in [0.2, 0.25) is 0 Å². The molecule has 0 saturated carbocycles. The molecular weight excluding hydrogens is 408 g/mol. The fourth-order valence-corrected chi connectivity index (χ4v) is 5.19. The number of aromatic nitrogens is 1. The summed E-state index contributed by atoms with van der Waals surface area (Å²) in [7, 11) is -3.74. The Kier molecular flexibility index (Phi) is 6.90. The highest BCUT2D eigenvalue weighted by atomic mass is 32.2. The number of carbonyl (C=O) groups is 2. The fraction of sp³-hybridized carbons (Fsp3) is 0.190. The van der Waals surface area contributed by atoms with E-state index in [-0.39, 0.29) is 36.0 Å². The van der Waals surface area contributed by atoms with E-state index in [2.05, 4.69) is 10.3 Å². The maximum Gasteiger partial charge on any atom is 0.220 e. The number of rotatable bonds is 9. The molecule has 1 N–H and O–H groups in total. The van der Waals surface area contributed by atoms with Gasteiger partial charge < -0.3 is 5.32 Å². The molecule has 1 unspecified atom stereocenters. The second-order valence-corrected chi connectivity index (χ2v) is 9.42. The second kappa shape index (κ2) is 9.58. The van der Waals surface area contributed by atoms with E-state index in [0.717, 1.165) is 0 Å². The van der Waals surface area contributed by atoms with E-state index < -0.39 is 15.1 Å². The molecule has 2 heterocycles. The quantitative estimate of drug-likeness (QED) is 0.527. The molecule has 0 aliphatic heterocycles. The molecule has 0 fully saturated rings. The van der Waals surface area contributed by atoms with Gasteiger partial charge in [0.25, 0.3) is 0 Å². The summed E-state index contributed by atoms with van der Waals surface area (Å²) in [5, 5.41) is 3.49. The standard InChI is InChI=1S/C21H20N2O4S2/c24-18(19-9-5-13-28-19)10-11-21(25)23-15-20(16-6-4-12-22-14-16)29(26,27)17-7-2-1-3-8-17/h1-9,12-14,20H,10-11,15H2,(H,23,25). The van der Waals surface area contributed by atoms with Crippen molar-refractivity contribution in [1.29, 1.82) is 0 Å². The number of amides is 1. The van der Waals surface area contributed by atoms with Gasteiger partial charge >= 0.3 is 0 Å². The predicted molar refractivity (Wildman–Crippen MR) is 111 cm³/mol. The Bertz CT molecular complexity index is 1050.